The molecule has 0 bridgehead atoms. The monoisotopic (exact) mass is 368 g/mol. The summed E-state index contributed by atoms with van der Waals surface area (Å²) in [6.45, 7) is 1.28. The van der Waals surface area contributed by atoms with E-state index >= 15 is 0 Å². The molecule has 2 heterocycles. The number of aromatic nitrogens is 1. The van der Waals surface area contributed by atoms with Crippen molar-refractivity contribution in [2.75, 3.05) is 18.5 Å². The van der Waals surface area contributed by atoms with Gasteiger partial charge >= 0.3 is 5.97 Å². The molecule has 1 aromatic heterocycles. The minimum atomic E-state index is -1.07. The Hall–Kier alpha value is -1.73. The van der Waals surface area contributed by atoms with Crippen LogP contribution in [0.25, 0.3) is 10.9 Å². The Bertz CT molecular complexity index is 732. The van der Waals surface area contributed by atoms with Crippen LogP contribution in [0.2, 0.25) is 0 Å². The number of rotatable bonds is 3. The van der Waals surface area contributed by atoms with Gasteiger partial charge < -0.3 is 15.2 Å². The molecule has 1 aliphatic heterocycles. The average molecular weight is 369 g/mol. The van der Waals surface area contributed by atoms with Crippen LogP contribution in [0.3, 0.4) is 0 Å². The van der Waals surface area contributed by atoms with Crippen molar-refractivity contribution >= 4 is 38.5 Å². The molecule has 0 unspecified atom stereocenters. The highest BCUT2D eigenvalue weighted by Gasteiger charge is 2.20. The number of hydrogen-bond acceptors (Lipinski definition) is 4. The maximum atomic E-state index is 13.7. The van der Waals surface area contributed by atoms with Gasteiger partial charge in [-0.15, -0.1) is 0 Å². The van der Waals surface area contributed by atoms with Gasteiger partial charge in [0.15, 0.2) is 0 Å². The highest BCUT2D eigenvalue weighted by atomic mass is 79.9. The lowest BCUT2D eigenvalue weighted by atomic mass is 10.0. The van der Waals surface area contributed by atoms with Gasteiger partial charge in [-0.1, -0.05) is 0 Å². The Kier molecular flexibility index (Phi) is 4.26. The van der Waals surface area contributed by atoms with E-state index in [1.807, 2.05) is 0 Å². The summed E-state index contributed by atoms with van der Waals surface area (Å²) in [5.74, 6) is -1.50. The molecule has 0 saturated carbocycles. The molecule has 5 nitrogen and oxygen atoms in total. The zero-order valence-electron chi connectivity index (χ0n) is 11.6. The summed E-state index contributed by atoms with van der Waals surface area (Å²) in [6.07, 6.45) is 2.86. The van der Waals surface area contributed by atoms with Crippen LogP contribution in [0.4, 0.5) is 10.1 Å². The van der Waals surface area contributed by atoms with E-state index in [-0.39, 0.29) is 16.1 Å². The highest BCUT2D eigenvalue weighted by Crippen LogP contribution is 2.31. The first-order chi connectivity index (χ1) is 10.6. The predicted molar refractivity (Wildman–Crippen MR) is 83.8 cm³/mol. The zero-order chi connectivity index (χ0) is 15.7. The molecule has 2 N–H and O–H groups in total. The minimum absolute atomic E-state index is 0.0810. The smallest absolute Gasteiger partial charge is 0.339 e. The van der Waals surface area contributed by atoms with Gasteiger partial charge in [-0.05, 0) is 34.8 Å². The van der Waals surface area contributed by atoms with E-state index in [2.05, 4.69) is 26.2 Å². The Balaban J connectivity index is 2.11. The Morgan fingerprint density at radius 3 is 2.82 bits per heavy atom. The van der Waals surface area contributed by atoms with Crippen molar-refractivity contribution in [2.24, 2.45) is 0 Å². The number of halogens is 2. The summed E-state index contributed by atoms with van der Waals surface area (Å²) in [6, 6.07) is 2.98. The van der Waals surface area contributed by atoms with Gasteiger partial charge in [0.2, 0.25) is 0 Å². The second-order valence-corrected chi connectivity index (χ2v) is 6.02. The Labute approximate surface area is 134 Å². The predicted octanol–water partition coefficient (Wildman–Crippen LogP) is 3.43. The largest absolute Gasteiger partial charge is 0.478 e. The fourth-order valence-corrected chi connectivity index (χ4v) is 2.89. The van der Waals surface area contributed by atoms with Gasteiger partial charge in [-0.25, -0.2) is 9.18 Å². The van der Waals surface area contributed by atoms with Crippen molar-refractivity contribution in [1.82, 2.24) is 4.98 Å². The number of carboxylic acid groups (broad SMARTS) is 1. The first-order valence-corrected chi connectivity index (χ1v) is 7.71. The van der Waals surface area contributed by atoms with E-state index in [9.17, 15) is 14.3 Å². The number of benzene rings is 1. The maximum absolute atomic E-state index is 13.7. The van der Waals surface area contributed by atoms with Crippen molar-refractivity contribution in [3.63, 3.8) is 0 Å². The van der Waals surface area contributed by atoms with Crippen LogP contribution in [-0.2, 0) is 4.74 Å². The molecular weight excluding hydrogens is 355 g/mol. The van der Waals surface area contributed by atoms with Crippen LogP contribution in [0.5, 0.6) is 0 Å². The Morgan fingerprint density at radius 1 is 1.41 bits per heavy atom. The maximum Gasteiger partial charge on any atom is 0.339 e. The SMILES string of the molecule is O=C(O)c1cnc2cc(F)c(Br)cc2c1NC1CCOCC1. The number of anilines is 1. The van der Waals surface area contributed by atoms with E-state index in [1.165, 1.54) is 12.3 Å². The molecule has 1 fully saturated rings. The van der Waals surface area contributed by atoms with Crippen molar-refractivity contribution in [3.8, 4) is 0 Å². The first-order valence-electron chi connectivity index (χ1n) is 6.91. The van der Waals surface area contributed by atoms with Gasteiger partial charge in [0.1, 0.15) is 11.4 Å². The fraction of sp³-hybridized carbons (Fsp3) is 0.333. The Morgan fingerprint density at radius 2 is 2.14 bits per heavy atom. The molecule has 0 aliphatic carbocycles. The fourth-order valence-electron chi connectivity index (χ4n) is 2.55. The van der Waals surface area contributed by atoms with Crippen LogP contribution in [0.1, 0.15) is 23.2 Å². The van der Waals surface area contributed by atoms with E-state index in [0.717, 1.165) is 12.8 Å². The second kappa shape index (κ2) is 6.18. The van der Waals surface area contributed by atoms with Crippen LogP contribution in [0, 0.1) is 5.82 Å². The molecule has 0 spiro atoms. The number of aromatic carboxylic acids is 1. The van der Waals surface area contributed by atoms with Gasteiger partial charge in [0.25, 0.3) is 0 Å². The quantitative estimate of drug-likeness (QED) is 0.868. The average Bonchev–Trinajstić information content (AvgIpc) is 2.50. The van der Waals surface area contributed by atoms with Crippen molar-refractivity contribution in [3.05, 3.63) is 34.2 Å². The van der Waals surface area contributed by atoms with Crippen molar-refractivity contribution < 1.29 is 19.0 Å². The molecule has 116 valence electrons. The van der Waals surface area contributed by atoms with Gasteiger partial charge in [0.05, 0.1) is 15.7 Å². The molecule has 1 saturated heterocycles. The van der Waals surface area contributed by atoms with Crippen LogP contribution in [-0.4, -0.2) is 35.3 Å². The molecule has 0 amide bonds. The number of pyridine rings is 1. The third-order valence-corrected chi connectivity index (χ3v) is 4.32. The third kappa shape index (κ3) is 2.91. The molecule has 22 heavy (non-hydrogen) atoms. The van der Waals surface area contributed by atoms with Crippen molar-refractivity contribution in [1.29, 1.82) is 0 Å². The van der Waals surface area contributed by atoms with Gasteiger partial charge in [0, 0.05) is 36.9 Å². The summed E-state index contributed by atoms with van der Waals surface area (Å²) in [4.78, 5) is 15.5. The first kappa shape index (κ1) is 15.2. The second-order valence-electron chi connectivity index (χ2n) is 5.17. The standard InChI is InChI=1S/C15H14BrFN2O3/c16-11-5-9-13(6-12(11)17)18-7-10(15(20)21)14(9)19-8-1-3-22-4-2-8/h5-8H,1-4H2,(H,18,19)(H,20,21). The summed E-state index contributed by atoms with van der Waals surface area (Å²) >= 11 is 3.14. The number of ether oxygens (including phenoxy) is 1. The molecule has 7 heteroatoms. The van der Waals surface area contributed by atoms with Crippen molar-refractivity contribution in [2.45, 2.75) is 18.9 Å². The number of carbonyl (C=O) groups is 1. The lowest BCUT2D eigenvalue weighted by molar-refractivity contribution is 0.0697. The topological polar surface area (TPSA) is 71.5 Å². The van der Waals surface area contributed by atoms with E-state index in [4.69, 9.17) is 4.74 Å². The molecule has 2 aromatic rings. The van der Waals surface area contributed by atoms with Crippen LogP contribution in [0.15, 0.2) is 22.8 Å². The summed E-state index contributed by atoms with van der Waals surface area (Å²) in [7, 11) is 0. The summed E-state index contributed by atoms with van der Waals surface area (Å²) in [5, 5.41) is 13.2. The molecular formula is C15H14BrFN2O3. The third-order valence-electron chi connectivity index (χ3n) is 3.71. The number of fused-ring (bicyclic) bond motifs is 1. The summed E-state index contributed by atoms with van der Waals surface area (Å²) in [5.41, 5.74) is 0.975. The molecule has 0 radical (unpaired) electrons. The van der Waals surface area contributed by atoms with E-state index in [1.54, 1.807) is 6.07 Å². The lowest BCUT2D eigenvalue weighted by Crippen LogP contribution is -2.28. The zero-order valence-corrected chi connectivity index (χ0v) is 13.2. The minimum Gasteiger partial charge on any atom is -0.478 e. The number of hydrogen-bond donors (Lipinski definition) is 2. The lowest BCUT2D eigenvalue weighted by Gasteiger charge is -2.25. The van der Waals surface area contributed by atoms with E-state index < -0.39 is 11.8 Å². The number of nitrogens with zero attached hydrogens (tertiary/aromatic N) is 1. The van der Waals surface area contributed by atoms with Gasteiger partial charge in [-0.3, -0.25) is 4.98 Å². The van der Waals surface area contributed by atoms with Crippen LogP contribution < -0.4 is 5.32 Å². The summed E-state index contributed by atoms with van der Waals surface area (Å²) < 4.78 is 19.2. The van der Waals surface area contributed by atoms with E-state index in [0.29, 0.717) is 29.8 Å². The van der Waals surface area contributed by atoms with Crippen LogP contribution >= 0.6 is 15.9 Å². The molecule has 1 aromatic carbocycles. The number of nitrogens with one attached hydrogen (secondary N) is 1. The molecule has 1 aliphatic rings. The highest BCUT2D eigenvalue weighted by molar-refractivity contribution is 9.10. The number of carboxylic acids is 1. The molecule has 0 atom stereocenters. The normalized spacial score (nSPS) is 15.9. The molecule has 3 rings (SSSR count). The van der Waals surface area contributed by atoms with Gasteiger partial charge in [-0.2, -0.15) is 0 Å².